The van der Waals surface area contributed by atoms with Gasteiger partial charge in [-0.3, -0.25) is 4.79 Å². The van der Waals surface area contributed by atoms with Gasteiger partial charge in [0.05, 0.1) is 12.6 Å². The summed E-state index contributed by atoms with van der Waals surface area (Å²) in [6, 6.07) is 7.03. The van der Waals surface area contributed by atoms with Crippen molar-refractivity contribution in [3.05, 3.63) is 24.3 Å². The molecule has 116 valence electrons. The third kappa shape index (κ3) is 3.88. The van der Waals surface area contributed by atoms with E-state index in [0.29, 0.717) is 17.4 Å². The first-order valence-electron chi connectivity index (χ1n) is 7.34. The fourth-order valence-electron chi connectivity index (χ4n) is 2.44. The van der Waals surface area contributed by atoms with Gasteiger partial charge in [-0.15, -0.1) is 0 Å². The highest BCUT2D eigenvalue weighted by Crippen LogP contribution is 2.33. The second-order valence-electron chi connectivity index (χ2n) is 5.83. The van der Waals surface area contributed by atoms with E-state index in [9.17, 15) is 9.90 Å². The minimum atomic E-state index is -0.707. The number of aliphatic hydroxyl groups is 1. The molecule has 1 aliphatic heterocycles. The third-order valence-electron chi connectivity index (χ3n) is 3.42. The number of carbonyl (C=O) groups is 1. The number of rotatable bonds is 5. The number of hydrogen-bond donors (Lipinski definition) is 2. The van der Waals surface area contributed by atoms with Crippen molar-refractivity contribution in [2.45, 2.75) is 45.4 Å². The highest BCUT2D eigenvalue weighted by atomic mass is 16.6. The highest BCUT2D eigenvalue weighted by Gasteiger charge is 2.34. The Labute approximate surface area is 125 Å². The molecule has 0 radical (unpaired) electrons. The molecule has 5 heteroatoms. The first-order valence-corrected chi connectivity index (χ1v) is 7.34. The number of hydrogen-bond acceptors (Lipinski definition) is 4. The van der Waals surface area contributed by atoms with Crippen LogP contribution in [-0.4, -0.2) is 35.9 Å². The Balaban J connectivity index is 2.02. The second kappa shape index (κ2) is 6.80. The molecule has 3 atom stereocenters. The summed E-state index contributed by atoms with van der Waals surface area (Å²) in [5.74, 6) is 1.36. The van der Waals surface area contributed by atoms with Crippen molar-refractivity contribution in [1.29, 1.82) is 0 Å². The van der Waals surface area contributed by atoms with Gasteiger partial charge in [0.1, 0.15) is 6.10 Å². The number of benzene rings is 1. The van der Waals surface area contributed by atoms with Crippen LogP contribution in [0, 0.1) is 5.92 Å². The Morgan fingerprint density at radius 1 is 1.29 bits per heavy atom. The van der Waals surface area contributed by atoms with E-state index >= 15 is 0 Å². The van der Waals surface area contributed by atoms with Crippen LogP contribution in [0.25, 0.3) is 0 Å². The zero-order valence-corrected chi connectivity index (χ0v) is 12.7. The fourth-order valence-corrected chi connectivity index (χ4v) is 2.44. The normalized spacial score (nSPS) is 22.0. The summed E-state index contributed by atoms with van der Waals surface area (Å²) in [7, 11) is 0. The molecule has 1 aromatic rings. The predicted molar refractivity (Wildman–Crippen MR) is 79.4 cm³/mol. The van der Waals surface area contributed by atoms with E-state index < -0.39 is 6.10 Å². The quantitative estimate of drug-likeness (QED) is 0.867. The fraction of sp³-hybridized carbons (Fsp3) is 0.562. The number of amides is 1. The number of aliphatic hydroxyl groups excluding tert-OH is 1. The van der Waals surface area contributed by atoms with Gasteiger partial charge in [-0.25, -0.2) is 0 Å². The molecule has 0 fully saturated rings. The summed E-state index contributed by atoms with van der Waals surface area (Å²) in [6.07, 6.45) is -0.361. The SMILES string of the molecule is CC(C)CC(CO)NC(=O)C1Oc2ccccc2OC1C. The van der Waals surface area contributed by atoms with E-state index in [-0.39, 0.29) is 24.7 Å². The number of nitrogens with one attached hydrogen (secondary N) is 1. The molecule has 21 heavy (non-hydrogen) atoms. The van der Waals surface area contributed by atoms with Crippen LogP contribution in [0.5, 0.6) is 11.5 Å². The largest absolute Gasteiger partial charge is 0.482 e. The minimum absolute atomic E-state index is 0.0809. The molecule has 1 aliphatic rings. The summed E-state index contributed by atoms with van der Waals surface area (Å²) in [5.41, 5.74) is 0. The van der Waals surface area contributed by atoms with E-state index in [4.69, 9.17) is 9.47 Å². The molecule has 5 nitrogen and oxygen atoms in total. The topological polar surface area (TPSA) is 67.8 Å². The van der Waals surface area contributed by atoms with Crippen molar-refractivity contribution < 1.29 is 19.4 Å². The van der Waals surface area contributed by atoms with Crippen LogP contribution in [0.2, 0.25) is 0 Å². The van der Waals surface area contributed by atoms with Crippen molar-refractivity contribution in [1.82, 2.24) is 5.32 Å². The zero-order valence-electron chi connectivity index (χ0n) is 12.7. The van der Waals surface area contributed by atoms with Crippen LogP contribution >= 0.6 is 0 Å². The Morgan fingerprint density at radius 2 is 1.90 bits per heavy atom. The van der Waals surface area contributed by atoms with Gasteiger partial charge in [0.15, 0.2) is 11.5 Å². The van der Waals surface area contributed by atoms with Gasteiger partial charge in [-0.2, -0.15) is 0 Å². The van der Waals surface area contributed by atoms with Crippen LogP contribution in [0.3, 0.4) is 0 Å². The van der Waals surface area contributed by atoms with Gasteiger partial charge in [0, 0.05) is 0 Å². The standard InChI is InChI=1S/C16H23NO4/c1-10(2)8-12(9-18)17-16(19)15-11(3)20-13-6-4-5-7-14(13)21-15/h4-7,10-12,15,18H,8-9H2,1-3H3,(H,17,19). The van der Waals surface area contributed by atoms with Gasteiger partial charge in [0.2, 0.25) is 6.10 Å². The van der Waals surface area contributed by atoms with Crippen molar-refractivity contribution in [2.75, 3.05) is 6.61 Å². The van der Waals surface area contributed by atoms with E-state index in [1.807, 2.05) is 32.0 Å². The lowest BCUT2D eigenvalue weighted by Crippen LogP contribution is -2.52. The van der Waals surface area contributed by atoms with Gasteiger partial charge >= 0.3 is 0 Å². The first-order chi connectivity index (χ1) is 10.0. The van der Waals surface area contributed by atoms with Crippen LogP contribution < -0.4 is 14.8 Å². The molecule has 0 spiro atoms. The lowest BCUT2D eigenvalue weighted by atomic mass is 10.0. The van der Waals surface area contributed by atoms with E-state index in [0.717, 1.165) is 6.42 Å². The molecule has 2 N–H and O–H groups in total. The third-order valence-corrected chi connectivity index (χ3v) is 3.42. The Hall–Kier alpha value is -1.75. The summed E-state index contributed by atoms with van der Waals surface area (Å²) >= 11 is 0. The van der Waals surface area contributed by atoms with Crippen molar-refractivity contribution in [3.63, 3.8) is 0 Å². The average molecular weight is 293 g/mol. The van der Waals surface area contributed by atoms with E-state index in [1.165, 1.54) is 0 Å². The summed E-state index contributed by atoms with van der Waals surface area (Å²) < 4.78 is 11.5. The van der Waals surface area contributed by atoms with Gasteiger partial charge < -0.3 is 19.9 Å². The van der Waals surface area contributed by atoms with Gasteiger partial charge in [-0.05, 0) is 31.4 Å². The average Bonchev–Trinajstić information content (AvgIpc) is 2.45. The maximum absolute atomic E-state index is 12.3. The highest BCUT2D eigenvalue weighted by molar-refractivity contribution is 5.82. The molecule has 1 amide bonds. The number of carbonyl (C=O) groups excluding carboxylic acids is 1. The van der Waals surface area contributed by atoms with Gasteiger partial charge in [0.25, 0.3) is 5.91 Å². The molecule has 3 unspecified atom stereocenters. The van der Waals surface area contributed by atoms with Crippen molar-refractivity contribution in [3.8, 4) is 11.5 Å². The van der Waals surface area contributed by atoms with Crippen LogP contribution in [0.15, 0.2) is 24.3 Å². The lowest BCUT2D eigenvalue weighted by molar-refractivity contribution is -0.134. The molecule has 2 rings (SSSR count). The van der Waals surface area contributed by atoms with Crippen LogP contribution in [0.4, 0.5) is 0 Å². The molecule has 0 bridgehead atoms. The molecule has 0 aromatic heterocycles. The number of ether oxygens (including phenoxy) is 2. The number of fused-ring (bicyclic) bond motifs is 1. The Bertz CT molecular complexity index is 489. The number of para-hydroxylation sites is 2. The second-order valence-corrected chi connectivity index (χ2v) is 5.83. The smallest absolute Gasteiger partial charge is 0.265 e. The molecule has 0 saturated carbocycles. The van der Waals surface area contributed by atoms with Crippen molar-refractivity contribution >= 4 is 5.91 Å². The molecule has 1 heterocycles. The lowest BCUT2D eigenvalue weighted by Gasteiger charge is -2.32. The Kier molecular flexibility index (Phi) is 5.07. The monoisotopic (exact) mass is 293 g/mol. The summed E-state index contributed by atoms with van der Waals surface area (Å²) in [5, 5.41) is 12.2. The zero-order chi connectivity index (χ0) is 15.4. The summed E-state index contributed by atoms with van der Waals surface area (Å²) in [6.45, 7) is 5.82. The molecular formula is C16H23NO4. The van der Waals surface area contributed by atoms with E-state index in [2.05, 4.69) is 5.32 Å². The molecule has 0 aliphatic carbocycles. The maximum Gasteiger partial charge on any atom is 0.265 e. The maximum atomic E-state index is 12.3. The minimum Gasteiger partial charge on any atom is -0.482 e. The molecular weight excluding hydrogens is 270 g/mol. The summed E-state index contributed by atoms with van der Waals surface area (Å²) in [4.78, 5) is 12.3. The van der Waals surface area contributed by atoms with Crippen LogP contribution in [-0.2, 0) is 4.79 Å². The van der Waals surface area contributed by atoms with Crippen molar-refractivity contribution in [2.24, 2.45) is 5.92 Å². The predicted octanol–water partition coefficient (Wildman–Crippen LogP) is 1.74. The molecule has 1 aromatic carbocycles. The van der Waals surface area contributed by atoms with Gasteiger partial charge in [-0.1, -0.05) is 26.0 Å². The van der Waals surface area contributed by atoms with Crippen LogP contribution in [0.1, 0.15) is 27.2 Å². The first kappa shape index (κ1) is 15.6. The molecule has 0 saturated heterocycles. The van der Waals surface area contributed by atoms with E-state index in [1.54, 1.807) is 13.0 Å². The Morgan fingerprint density at radius 3 is 2.48 bits per heavy atom.